The lowest BCUT2D eigenvalue weighted by Crippen LogP contribution is -2.37. The second-order valence-electron chi connectivity index (χ2n) is 3.88. The lowest BCUT2D eigenvalue weighted by Gasteiger charge is -2.16. The normalized spacial score (nSPS) is 9.94. The van der Waals surface area contributed by atoms with E-state index in [0.29, 0.717) is 12.2 Å². The number of rotatable bonds is 4. The lowest BCUT2D eigenvalue weighted by atomic mass is 10.3. The summed E-state index contributed by atoms with van der Waals surface area (Å²) >= 11 is 5.79. The number of anilines is 1. The zero-order chi connectivity index (χ0) is 13.5. The summed E-state index contributed by atoms with van der Waals surface area (Å²) in [6, 6.07) is 3.22. The average molecular weight is 270 g/mol. The van der Waals surface area contributed by atoms with Gasteiger partial charge in [0.05, 0.1) is 5.69 Å². The number of unbranched alkanes of at least 4 members (excludes halogenated alkanes) is 1. The molecular formula is C12H16ClN3O2. The van der Waals surface area contributed by atoms with Crippen molar-refractivity contribution in [2.75, 3.05) is 18.9 Å². The maximum Gasteiger partial charge on any atom is 0.313 e. The first-order valence-corrected chi connectivity index (χ1v) is 6.11. The number of nitrogens with one attached hydrogen (secondary N) is 1. The van der Waals surface area contributed by atoms with Crippen LogP contribution >= 0.6 is 11.6 Å². The first kappa shape index (κ1) is 14.4. The molecule has 2 amide bonds. The summed E-state index contributed by atoms with van der Waals surface area (Å²) < 4.78 is 0. The molecule has 0 bridgehead atoms. The van der Waals surface area contributed by atoms with Crippen molar-refractivity contribution >= 4 is 29.1 Å². The number of carbonyl (C=O) groups is 2. The topological polar surface area (TPSA) is 62.3 Å². The van der Waals surface area contributed by atoms with E-state index in [2.05, 4.69) is 10.3 Å². The average Bonchev–Trinajstić information content (AvgIpc) is 2.37. The van der Waals surface area contributed by atoms with Crippen molar-refractivity contribution in [1.82, 2.24) is 9.88 Å². The van der Waals surface area contributed by atoms with Crippen molar-refractivity contribution in [2.24, 2.45) is 0 Å². The molecule has 1 N–H and O–H groups in total. The molecule has 98 valence electrons. The van der Waals surface area contributed by atoms with Gasteiger partial charge in [-0.1, -0.05) is 24.9 Å². The Labute approximate surface area is 111 Å². The molecule has 0 aliphatic heterocycles. The minimum absolute atomic E-state index is 0.162. The monoisotopic (exact) mass is 269 g/mol. The number of hydrogen-bond donors (Lipinski definition) is 1. The van der Waals surface area contributed by atoms with Crippen molar-refractivity contribution in [2.45, 2.75) is 19.8 Å². The fourth-order valence-electron chi connectivity index (χ4n) is 1.33. The predicted molar refractivity (Wildman–Crippen MR) is 70.4 cm³/mol. The van der Waals surface area contributed by atoms with Crippen LogP contribution in [-0.4, -0.2) is 35.3 Å². The van der Waals surface area contributed by atoms with E-state index < -0.39 is 11.8 Å². The molecule has 18 heavy (non-hydrogen) atoms. The summed E-state index contributed by atoms with van der Waals surface area (Å²) in [6.07, 6.45) is 3.34. The molecule has 6 heteroatoms. The number of carbonyl (C=O) groups excluding carboxylic acids is 2. The van der Waals surface area contributed by atoms with Gasteiger partial charge in [0.1, 0.15) is 0 Å². The van der Waals surface area contributed by atoms with Crippen molar-refractivity contribution in [1.29, 1.82) is 0 Å². The highest BCUT2D eigenvalue weighted by Gasteiger charge is 2.19. The number of halogens is 1. The first-order chi connectivity index (χ1) is 8.56. The number of hydrogen-bond acceptors (Lipinski definition) is 3. The van der Waals surface area contributed by atoms with Gasteiger partial charge in [0.25, 0.3) is 0 Å². The molecule has 1 aromatic heterocycles. The Hall–Kier alpha value is -1.62. The van der Waals surface area contributed by atoms with Gasteiger partial charge in [-0.05, 0) is 18.6 Å². The summed E-state index contributed by atoms with van der Waals surface area (Å²) in [5, 5.41) is 2.60. The van der Waals surface area contributed by atoms with Crippen LogP contribution in [0.2, 0.25) is 5.15 Å². The van der Waals surface area contributed by atoms with Gasteiger partial charge in [-0.2, -0.15) is 0 Å². The van der Waals surface area contributed by atoms with Crippen LogP contribution in [0.25, 0.3) is 0 Å². The number of amides is 2. The summed E-state index contributed by atoms with van der Waals surface area (Å²) in [7, 11) is 1.60. The molecule has 5 nitrogen and oxygen atoms in total. The minimum atomic E-state index is -0.705. The van der Waals surface area contributed by atoms with Crippen LogP contribution in [-0.2, 0) is 9.59 Å². The van der Waals surface area contributed by atoms with Crippen LogP contribution in [0.4, 0.5) is 5.69 Å². The van der Waals surface area contributed by atoms with Gasteiger partial charge < -0.3 is 10.2 Å². The van der Waals surface area contributed by atoms with E-state index in [1.165, 1.54) is 11.1 Å². The summed E-state index contributed by atoms with van der Waals surface area (Å²) in [4.78, 5) is 28.6. The van der Waals surface area contributed by atoms with Crippen LogP contribution in [0.5, 0.6) is 0 Å². The van der Waals surface area contributed by atoms with E-state index in [9.17, 15) is 9.59 Å². The molecular weight excluding hydrogens is 254 g/mol. The molecule has 1 heterocycles. The molecule has 0 unspecified atom stereocenters. The largest absolute Gasteiger partial charge is 0.338 e. The summed E-state index contributed by atoms with van der Waals surface area (Å²) in [6.45, 7) is 2.58. The third-order valence-electron chi connectivity index (χ3n) is 2.40. The van der Waals surface area contributed by atoms with E-state index in [-0.39, 0.29) is 5.15 Å². The maximum absolute atomic E-state index is 11.7. The Morgan fingerprint density at radius 3 is 2.83 bits per heavy atom. The molecule has 0 aliphatic carbocycles. The highest BCUT2D eigenvalue weighted by Crippen LogP contribution is 2.17. The van der Waals surface area contributed by atoms with Gasteiger partial charge in [-0.15, -0.1) is 0 Å². The van der Waals surface area contributed by atoms with E-state index >= 15 is 0 Å². The molecule has 0 radical (unpaired) electrons. The molecule has 1 rings (SSSR count). The Morgan fingerprint density at radius 1 is 1.50 bits per heavy atom. The van der Waals surface area contributed by atoms with Gasteiger partial charge >= 0.3 is 11.8 Å². The second-order valence-corrected chi connectivity index (χ2v) is 4.23. The number of likely N-dealkylation sites (N-methyl/N-ethyl adjacent to an activating group) is 1. The molecule has 0 aromatic carbocycles. The third kappa shape index (κ3) is 4.00. The minimum Gasteiger partial charge on any atom is -0.338 e. The standard InChI is InChI=1S/C12H16ClN3O2/c1-3-4-8-16(2)12(18)11(17)15-9-6-5-7-14-10(9)13/h5-7H,3-4,8H2,1-2H3,(H,15,17). The van der Waals surface area contributed by atoms with Crippen LogP contribution in [0.1, 0.15) is 19.8 Å². The Morgan fingerprint density at radius 2 is 2.22 bits per heavy atom. The van der Waals surface area contributed by atoms with Crippen molar-refractivity contribution in [3.05, 3.63) is 23.5 Å². The zero-order valence-corrected chi connectivity index (χ0v) is 11.2. The first-order valence-electron chi connectivity index (χ1n) is 5.73. The van der Waals surface area contributed by atoms with Gasteiger partial charge in [0.15, 0.2) is 5.15 Å². The fourth-order valence-corrected chi connectivity index (χ4v) is 1.49. The SMILES string of the molecule is CCCCN(C)C(=O)C(=O)Nc1cccnc1Cl. The van der Waals surface area contributed by atoms with Crippen molar-refractivity contribution in [3.8, 4) is 0 Å². The Balaban J connectivity index is 2.60. The van der Waals surface area contributed by atoms with Gasteiger partial charge in [0.2, 0.25) is 0 Å². The third-order valence-corrected chi connectivity index (χ3v) is 2.70. The Bertz CT molecular complexity index is 437. The van der Waals surface area contributed by atoms with Crippen molar-refractivity contribution < 1.29 is 9.59 Å². The quantitative estimate of drug-likeness (QED) is 0.671. The lowest BCUT2D eigenvalue weighted by molar-refractivity contribution is -0.142. The maximum atomic E-state index is 11.7. The van der Waals surface area contributed by atoms with Gasteiger partial charge in [-0.25, -0.2) is 4.98 Å². The van der Waals surface area contributed by atoms with Crippen LogP contribution in [0.3, 0.4) is 0 Å². The zero-order valence-electron chi connectivity index (χ0n) is 10.4. The van der Waals surface area contributed by atoms with Gasteiger partial charge in [0, 0.05) is 19.8 Å². The fraction of sp³-hybridized carbons (Fsp3) is 0.417. The van der Waals surface area contributed by atoms with Crippen molar-refractivity contribution in [3.63, 3.8) is 0 Å². The summed E-state index contributed by atoms with van der Waals surface area (Å²) in [5.41, 5.74) is 0.335. The smallest absolute Gasteiger partial charge is 0.313 e. The van der Waals surface area contributed by atoms with Crippen LogP contribution in [0, 0.1) is 0 Å². The number of nitrogens with zero attached hydrogens (tertiary/aromatic N) is 2. The van der Waals surface area contributed by atoms with E-state index in [0.717, 1.165) is 12.8 Å². The molecule has 0 spiro atoms. The van der Waals surface area contributed by atoms with Crippen LogP contribution in [0.15, 0.2) is 18.3 Å². The molecule has 0 aliphatic rings. The van der Waals surface area contributed by atoms with E-state index in [1.807, 2.05) is 6.92 Å². The molecule has 0 atom stereocenters. The van der Waals surface area contributed by atoms with Crippen LogP contribution < -0.4 is 5.32 Å². The van der Waals surface area contributed by atoms with E-state index in [1.54, 1.807) is 19.2 Å². The number of pyridine rings is 1. The van der Waals surface area contributed by atoms with Gasteiger partial charge in [-0.3, -0.25) is 9.59 Å². The highest BCUT2D eigenvalue weighted by molar-refractivity contribution is 6.41. The highest BCUT2D eigenvalue weighted by atomic mass is 35.5. The molecule has 0 saturated carbocycles. The molecule has 0 fully saturated rings. The summed E-state index contributed by atoms with van der Waals surface area (Å²) in [5.74, 6) is -1.29. The molecule has 1 aromatic rings. The Kier molecular flexibility index (Phi) is 5.58. The van der Waals surface area contributed by atoms with E-state index in [4.69, 9.17) is 11.6 Å². The second kappa shape index (κ2) is 6.96. The number of aromatic nitrogens is 1. The molecule has 0 saturated heterocycles. The predicted octanol–water partition coefficient (Wildman–Crippen LogP) is 1.93.